The lowest BCUT2D eigenvalue weighted by atomic mass is 10.1. The molecule has 0 unspecified atom stereocenters. The Morgan fingerprint density at radius 2 is 2.00 bits per heavy atom. The van der Waals surface area contributed by atoms with E-state index in [1.54, 1.807) is 13.0 Å². The van der Waals surface area contributed by atoms with E-state index in [0.717, 1.165) is 30.4 Å². The number of benzene rings is 1. The Labute approximate surface area is 138 Å². The number of unbranched alkanes of at least 4 members (excludes halogenated alkanes) is 2. The Morgan fingerprint density at radius 3 is 2.61 bits per heavy atom. The third-order valence-electron chi connectivity index (χ3n) is 3.58. The summed E-state index contributed by atoms with van der Waals surface area (Å²) in [5.41, 5.74) is 2.43. The minimum Gasteiger partial charge on any atom is -0.460 e. The fraction of sp³-hybridized carbons (Fsp3) is 0.286. The minimum absolute atomic E-state index is 0.0152. The van der Waals surface area contributed by atoms with Crippen LogP contribution < -0.4 is 0 Å². The second-order valence-corrected chi connectivity index (χ2v) is 5.51. The maximum absolute atomic E-state index is 11.6. The molecular weight excluding hydrogens is 284 g/mol. The van der Waals surface area contributed by atoms with Crippen LogP contribution in [0.25, 0.3) is 5.57 Å². The number of furan rings is 1. The van der Waals surface area contributed by atoms with Gasteiger partial charge in [0, 0.05) is 5.56 Å². The van der Waals surface area contributed by atoms with Crippen molar-refractivity contribution in [1.29, 1.82) is 0 Å². The molecule has 0 N–H and O–H groups in total. The second kappa shape index (κ2) is 8.19. The van der Waals surface area contributed by atoms with Gasteiger partial charge in [0.05, 0.1) is 11.1 Å². The Hall–Kier alpha value is -2.53. The lowest BCUT2D eigenvalue weighted by Gasteiger charge is -1.96. The molecule has 0 amide bonds. The molecule has 118 valence electrons. The SMILES string of the molecule is CCCC/C=C(/C#Cc1ccccc1)c1cc(C(C)=O)c(C)o1. The molecule has 0 fully saturated rings. The van der Waals surface area contributed by atoms with E-state index in [1.165, 1.54) is 0 Å². The van der Waals surface area contributed by atoms with Gasteiger partial charge < -0.3 is 4.42 Å². The van der Waals surface area contributed by atoms with Gasteiger partial charge in [0.25, 0.3) is 0 Å². The number of rotatable bonds is 5. The normalized spacial score (nSPS) is 11.0. The van der Waals surface area contributed by atoms with Crippen molar-refractivity contribution in [2.75, 3.05) is 0 Å². The van der Waals surface area contributed by atoms with Gasteiger partial charge in [-0.05, 0) is 38.5 Å². The van der Waals surface area contributed by atoms with E-state index in [0.29, 0.717) is 17.1 Å². The van der Waals surface area contributed by atoms with Gasteiger partial charge >= 0.3 is 0 Å². The highest BCUT2D eigenvalue weighted by Crippen LogP contribution is 2.23. The molecular formula is C21H22O2. The molecule has 1 aromatic heterocycles. The second-order valence-electron chi connectivity index (χ2n) is 5.51. The topological polar surface area (TPSA) is 30.2 Å². The van der Waals surface area contributed by atoms with Gasteiger partial charge in [0.1, 0.15) is 11.5 Å². The van der Waals surface area contributed by atoms with E-state index < -0.39 is 0 Å². The van der Waals surface area contributed by atoms with E-state index in [1.807, 2.05) is 37.3 Å². The smallest absolute Gasteiger partial charge is 0.163 e. The third-order valence-corrected chi connectivity index (χ3v) is 3.58. The van der Waals surface area contributed by atoms with Gasteiger partial charge in [-0.3, -0.25) is 4.79 Å². The van der Waals surface area contributed by atoms with E-state index in [4.69, 9.17) is 4.42 Å². The number of Topliss-reactive ketones (excluding diaryl/α,β-unsaturated/α-hetero) is 1. The molecule has 0 spiro atoms. The van der Waals surface area contributed by atoms with Crippen LogP contribution in [0.2, 0.25) is 0 Å². The van der Waals surface area contributed by atoms with E-state index in [-0.39, 0.29) is 5.78 Å². The summed E-state index contributed by atoms with van der Waals surface area (Å²) in [4.78, 5) is 11.6. The largest absolute Gasteiger partial charge is 0.460 e. The molecule has 0 atom stereocenters. The molecule has 0 aliphatic carbocycles. The van der Waals surface area contributed by atoms with Crippen molar-refractivity contribution in [2.45, 2.75) is 40.0 Å². The van der Waals surface area contributed by atoms with Crippen molar-refractivity contribution in [3.63, 3.8) is 0 Å². The standard InChI is InChI=1S/C21H22O2/c1-4-5-7-12-19(14-13-18-10-8-6-9-11-18)21-15-20(16(2)22)17(3)23-21/h6,8-12,15H,4-5,7H2,1-3H3/b19-12-. The van der Waals surface area contributed by atoms with E-state index >= 15 is 0 Å². The highest BCUT2D eigenvalue weighted by Gasteiger charge is 2.13. The van der Waals surface area contributed by atoms with Crippen LogP contribution in [0.5, 0.6) is 0 Å². The average molecular weight is 306 g/mol. The summed E-state index contributed by atoms with van der Waals surface area (Å²) in [6.45, 7) is 5.53. The fourth-order valence-electron chi connectivity index (χ4n) is 2.29. The Balaban J connectivity index is 2.35. The lowest BCUT2D eigenvalue weighted by molar-refractivity contribution is 0.101. The molecule has 0 aliphatic rings. The summed E-state index contributed by atoms with van der Waals surface area (Å²) in [7, 11) is 0. The number of allylic oxidation sites excluding steroid dienone is 2. The number of carbonyl (C=O) groups excluding carboxylic acids is 1. The molecule has 0 saturated carbocycles. The molecule has 0 bridgehead atoms. The number of hydrogen-bond acceptors (Lipinski definition) is 2. The van der Waals surface area contributed by atoms with Crippen LogP contribution in [0.4, 0.5) is 0 Å². The average Bonchev–Trinajstić information content (AvgIpc) is 2.93. The Morgan fingerprint density at radius 1 is 1.26 bits per heavy atom. The molecule has 0 radical (unpaired) electrons. The maximum atomic E-state index is 11.6. The van der Waals surface area contributed by atoms with Crippen LogP contribution in [-0.4, -0.2) is 5.78 Å². The molecule has 1 aromatic carbocycles. The van der Waals surface area contributed by atoms with Crippen LogP contribution >= 0.6 is 0 Å². The summed E-state index contributed by atoms with van der Waals surface area (Å²) in [6, 6.07) is 11.7. The predicted molar refractivity (Wildman–Crippen MR) is 94.3 cm³/mol. The number of hydrogen-bond donors (Lipinski definition) is 0. The number of ketones is 1. The highest BCUT2D eigenvalue weighted by molar-refractivity contribution is 5.96. The summed E-state index contributed by atoms with van der Waals surface area (Å²) < 4.78 is 5.77. The minimum atomic E-state index is 0.0152. The lowest BCUT2D eigenvalue weighted by Crippen LogP contribution is -1.90. The molecule has 23 heavy (non-hydrogen) atoms. The third kappa shape index (κ3) is 4.72. The Kier molecular flexibility index (Phi) is 6.00. The van der Waals surface area contributed by atoms with Crippen LogP contribution in [0.1, 0.15) is 60.6 Å². The Bertz CT molecular complexity index is 752. The van der Waals surface area contributed by atoms with Gasteiger partial charge in [-0.2, -0.15) is 0 Å². The summed E-state index contributed by atoms with van der Waals surface area (Å²) in [6.07, 6.45) is 5.29. The zero-order valence-electron chi connectivity index (χ0n) is 14.0. The summed E-state index contributed by atoms with van der Waals surface area (Å²) in [5.74, 6) is 7.70. The summed E-state index contributed by atoms with van der Waals surface area (Å²) in [5, 5.41) is 0. The first-order valence-corrected chi connectivity index (χ1v) is 8.00. The zero-order valence-corrected chi connectivity index (χ0v) is 14.0. The molecule has 0 aliphatic heterocycles. The maximum Gasteiger partial charge on any atom is 0.163 e. The van der Waals surface area contributed by atoms with Crippen molar-refractivity contribution in [3.8, 4) is 11.8 Å². The molecule has 2 nitrogen and oxygen atoms in total. The van der Waals surface area contributed by atoms with Crippen molar-refractivity contribution < 1.29 is 9.21 Å². The molecule has 0 saturated heterocycles. The molecule has 2 aromatic rings. The molecule has 1 heterocycles. The predicted octanol–water partition coefficient (Wildman–Crippen LogP) is 5.42. The molecule has 2 heteroatoms. The van der Waals surface area contributed by atoms with Crippen LogP contribution in [0.3, 0.4) is 0 Å². The van der Waals surface area contributed by atoms with Gasteiger partial charge in [-0.25, -0.2) is 0 Å². The summed E-state index contributed by atoms with van der Waals surface area (Å²) >= 11 is 0. The highest BCUT2D eigenvalue weighted by atomic mass is 16.3. The van der Waals surface area contributed by atoms with Gasteiger partial charge in [0.15, 0.2) is 5.78 Å². The fourth-order valence-corrected chi connectivity index (χ4v) is 2.29. The van der Waals surface area contributed by atoms with Crippen LogP contribution in [0, 0.1) is 18.8 Å². The van der Waals surface area contributed by atoms with Crippen molar-refractivity contribution in [1.82, 2.24) is 0 Å². The quantitative estimate of drug-likeness (QED) is 0.419. The van der Waals surface area contributed by atoms with Crippen LogP contribution in [0.15, 0.2) is 46.9 Å². The zero-order chi connectivity index (χ0) is 16.7. The number of aryl methyl sites for hydroxylation is 1. The monoisotopic (exact) mass is 306 g/mol. The van der Waals surface area contributed by atoms with Gasteiger partial charge in [-0.15, -0.1) is 0 Å². The number of carbonyl (C=O) groups is 1. The van der Waals surface area contributed by atoms with Crippen molar-refractivity contribution in [2.24, 2.45) is 0 Å². The first-order chi connectivity index (χ1) is 11.1. The van der Waals surface area contributed by atoms with E-state index in [2.05, 4.69) is 24.8 Å². The van der Waals surface area contributed by atoms with Gasteiger partial charge in [-0.1, -0.05) is 55.9 Å². The van der Waals surface area contributed by atoms with Crippen molar-refractivity contribution >= 4 is 11.4 Å². The first kappa shape index (κ1) is 16.8. The molecule has 2 rings (SSSR count). The van der Waals surface area contributed by atoms with Gasteiger partial charge in [0.2, 0.25) is 0 Å². The van der Waals surface area contributed by atoms with Crippen molar-refractivity contribution in [3.05, 3.63) is 65.1 Å². The first-order valence-electron chi connectivity index (χ1n) is 8.00. The van der Waals surface area contributed by atoms with E-state index in [9.17, 15) is 4.79 Å². The van der Waals surface area contributed by atoms with Crippen LogP contribution in [-0.2, 0) is 0 Å².